The molecule has 0 unspecified atom stereocenters. The monoisotopic (exact) mass is 288 g/mol. The first-order chi connectivity index (χ1) is 9.21. The molecule has 5 nitrogen and oxygen atoms in total. The Balaban J connectivity index is 2.01. The van der Waals surface area contributed by atoms with E-state index >= 15 is 0 Å². The van der Waals surface area contributed by atoms with Crippen molar-refractivity contribution in [2.45, 2.75) is 44.4 Å². The van der Waals surface area contributed by atoms with Crippen molar-refractivity contribution in [3.8, 4) is 0 Å². The number of alkyl halides is 3. The smallest absolute Gasteiger partial charge is 0.410 e. The summed E-state index contributed by atoms with van der Waals surface area (Å²) in [7, 11) is 0. The van der Waals surface area contributed by atoms with Crippen LogP contribution in [0.4, 0.5) is 19.0 Å². The number of nitrogens with zero attached hydrogens (tertiary/aromatic N) is 2. The Morgan fingerprint density at radius 2 is 2.20 bits per heavy atom. The maximum absolute atomic E-state index is 13.2. The second-order valence-corrected chi connectivity index (χ2v) is 5.79. The third-order valence-electron chi connectivity index (χ3n) is 4.28. The summed E-state index contributed by atoms with van der Waals surface area (Å²) in [5, 5.41) is 17.3. The molecule has 0 amide bonds. The first-order valence-corrected chi connectivity index (χ1v) is 6.35. The Morgan fingerprint density at radius 1 is 1.55 bits per heavy atom. The van der Waals surface area contributed by atoms with Crippen molar-refractivity contribution in [2.24, 2.45) is 5.41 Å². The van der Waals surface area contributed by atoms with E-state index in [0.29, 0.717) is 4.68 Å². The molecule has 2 heterocycles. The van der Waals surface area contributed by atoms with Crippen molar-refractivity contribution >= 4 is 11.8 Å². The lowest BCUT2D eigenvalue weighted by molar-refractivity contribution is -0.255. The predicted molar refractivity (Wildman–Crippen MR) is 61.0 cm³/mol. The van der Waals surface area contributed by atoms with E-state index in [-0.39, 0.29) is 23.7 Å². The molecule has 110 valence electrons. The van der Waals surface area contributed by atoms with Crippen LogP contribution in [-0.4, -0.2) is 28.0 Å². The largest absolute Gasteiger partial charge is 0.543 e. The Kier molecular flexibility index (Phi) is 2.58. The summed E-state index contributed by atoms with van der Waals surface area (Å²) in [6.07, 6.45) is -2.86. The topological polar surface area (TPSA) is 70.0 Å². The standard InChI is InChI=1S/C12H14F3N3O2/c1-11(2-3-11)7-5-8(12(13,14)15)18-9(16-7)4-6(17-18)10(19)20/h4,7-8,16H,2-3,5H2,1H3,(H,19,20)/p-1/t7-,8-/m1/s1. The summed E-state index contributed by atoms with van der Waals surface area (Å²) in [5.41, 5.74) is -0.635. The van der Waals surface area contributed by atoms with Crippen molar-refractivity contribution in [3.05, 3.63) is 11.8 Å². The van der Waals surface area contributed by atoms with Gasteiger partial charge in [-0.15, -0.1) is 0 Å². The summed E-state index contributed by atoms with van der Waals surface area (Å²) in [6, 6.07) is -1.02. The molecule has 8 heteroatoms. The zero-order valence-electron chi connectivity index (χ0n) is 10.7. The number of carbonyl (C=O) groups excluding carboxylic acids is 1. The van der Waals surface area contributed by atoms with Crippen molar-refractivity contribution in [1.82, 2.24) is 9.78 Å². The number of hydrogen-bond donors (Lipinski definition) is 1. The van der Waals surface area contributed by atoms with Crippen LogP contribution in [0.3, 0.4) is 0 Å². The van der Waals surface area contributed by atoms with Gasteiger partial charge in [0.15, 0.2) is 6.04 Å². The van der Waals surface area contributed by atoms with Gasteiger partial charge in [0.1, 0.15) is 11.5 Å². The van der Waals surface area contributed by atoms with E-state index in [1.165, 1.54) is 0 Å². The van der Waals surface area contributed by atoms with E-state index in [9.17, 15) is 23.1 Å². The van der Waals surface area contributed by atoms with Gasteiger partial charge in [0, 0.05) is 12.1 Å². The lowest BCUT2D eigenvalue weighted by Crippen LogP contribution is -2.42. The predicted octanol–water partition coefficient (Wildman–Crippen LogP) is 1.33. The molecule has 1 aromatic heterocycles. The number of halogens is 3. The molecule has 1 aliphatic heterocycles. The van der Waals surface area contributed by atoms with Gasteiger partial charge in [0.25, 0.3) is 0 Å². The molecular weight excluding hydrogens is 275 g/mol. The van der Waals surface area contributed by atoms with Crippen molar-refractivity contribution in [3.63, 3.8) is 0 Å². The zero-order chi connectivity index (χ0) is 14.7. The number of nitrogens with one attached hydrogen (secondary N) is 1. The SMILES string of the molecule is CC1([C@H]2C[C@H](C(F)(F)F)n3nc(C(=O)[O-])cc3N2)CC1. The third kappa shape index (κ3) is 2.03. The highest BCUT2D eigenvalue weighted by molar-refractivity contribution is 5.84. The van der Waals surface area contributed by atoms with Gasteiger partial charge in [0.2, 0.25) is 0 Å². The van der Waals surface area contributed by atoms with Crippen LogP contribution in [0.25, 0.3) is 0 Å². The van der Waals surface area contributed by atoms with Crippen LogP contribution in [0.15, 0.2) is 6.07 Å². The van der Waals surface area contributed by atoms with Crippen LogP contribution in [0.1, 0.15) is 42.7 Å². The van der Waals surface area contributed by atoms with Crippen LogP contribution in [-0.2, 0) is 0 Å². The molecule has 0 bridgehead atoms. The first-order valence-electron chi connectivity index (χ1n) is 6.35. The fourth-order valence-electron chi connectivity index (χ4n) is 2.68. The van der Waals surface area contributed by atoms with Crippen LogP contribution in [0.2, 0.25) is 0 Å². The van der Waals surface area contributed by atoms with Crippen LogP contribution in [0.5, 0.6) is 0 Å². The van der Waals surface area contributed by atoms with Crippen molar-refractivity contribution < 1.29 is 23.1 Å². The molecule has 0 radical (unpaired) electrons. The second-order valence-electron chi connectivity index (χ2n) is 5.79. The van der Waals surface area contributed by atoms with Crippen molar-refractivity contribution in [1.29, 1.82) is 0 Å². The number of aromatic nitrogens is 2. The van der Waals surface area contributed by atoms with Gasteiger partial charge in [-0.1, -0.05) is 6.92 Å². The molecule has 1 aromatic rings. The van der Waals surface area contributed by atoms with Gasteiger partial charge < -0.3 is 15.2 Å². The first kappa shape index (κ1) is 13.3. The van der Waals surface area contributed by atoms with Crippen molar-refractivity contribution in [2.75, 3.05) is 5.32 Å². The number of carbonyl (C=O) groups is 1. The Hall–Kier alpha value is -1.73. The molecule has 1 aliphatic carbocycles. The van der Waals surface area contributed by atoms with Gasteiger partial charge in [-0.05, 0) is 24.7 Å². The average molecular weight is 288 g/mol. The van der Waals surface area contributed by atoms with Gasteiger partial charge in [-0.3, -0.25) is 0 Å². The lowest BCUT2D eigenvalue weighted by atomic mass is 9.90. The summed E-state index contributed by atoms with van der Waals surface area (Å²) >= 11 is 0. The maximum Gasteiger partial charge on any atom is 0.410 e. The van der Waals surface area contributed by atoms with Crippen LogP contribution < -0.4 is 10.4 Å². The number of anilines is 1. The normalized spacial score (nSPS) is 27.6. The number of aromatic carboxylic acids is 1. The molecule has 1 fully saturated rings. The highest BCUT2D eigenvalue weighted by Gasteiger charge is 2.53. The van der Waals surface area contributed by atoms with E-state index in [1.807, 2.05) is 6.92 Å². The molecule has 2 atom stereocenters. The van der Waals surface area contributed by atoms with Gasteiger partial charge in [-0.25, -0.2) is 4.68 Å². The third-order valence-corrected chi connectivity index (χ3v) is 4.28. The van der Waals surface area contributed by atoms with E-state index in [4.69, 9.17) is 0 Å². The molecule has 20 heavy (non-hydrogen) atoms. The number of carboxylic acid groups (broad SMARTS) is 1. The fourth-order valence-corrected chi connectivity index (χ4v) is 2.68. The summed E-state index contributed by atoms with van der Waals surface area (Å²) in [4.78, 5) is 10.8. The van der Waals surface area contributed by atoms with Gasteiger partial charge >= 0.3 is 6.18 Å². The molecule has 0 saturated heterocycles. The van der Waals surface area contributed by atoms with E-state index in [0.717, 1.165) is 18.9 Å². The molecule has 1 N–H and O–H groups in total. The van der Waals surface area contributed by atoms with E-state index < -0.39 is 23.9 Å². The minimum atomic E-state index is -4.46. The Bertz CT molecular complexity index is 563. The average Bonchev–Trinajstić information content (AvgIpc) is 2.93. The highest BCUT2D eigenvalue weighted by Crippen LogP contribution is 2.53. The minimum Gasteiger partial charge on any atom is -0.543 e. The molecule has 0 spiro atoms. The molecule has 0 aromatic carbocycles. The number of rotatable bonds is 2. The highest BCUT2D eigenvalue weighted by atomic mass is 19.4. The summed E-state index contributed by atoms with van der Waals surface area (Å²) in [5.74, 6) is -1.49. The second kappa shape index (κ2) is 3.89. The van der Waals surface area contributed by atoms with Gasteiger partial charge in [-0.2, -0.15) is 18.3 Å². The molecule has 2 aliphatic rings. The van der Waals surface area contributed by atoms with E-state index in [1.54, 1.807) is 0 Å². The van der Waals surface area contributed by atoms with Crippen LogP contribution in [0, 0.1) is 5.41 Å². The number of hydrogen-bond acceptors (Lipinski definition) is 4. The summed E-state index contributed by atoms with van der Waals surface area (Å²) < 4.78 is 40.2. The molecule has 1 saturated carbocycles. The summed E-state index contributed by atoms with van der Waals surface area (Å²) in [6.45, 7) is 1.93. The lowest BCUT2D eigenvalue weighted by Gasteiger charge is -2.36. The van der Waals surface area contributed by atoms with E-state index in [2.05, 4.69) is 10.4 Å². The molecular formula is C12H13F3N3O2-. The number of fused-ring (bicyclic) bond motifs is 1. The maximum atomic E-state index is 13.2. The van der Waals surface area contributed by atoms with Crippen LogP contribution >= 0.6 is 0 Å². The Morgan fingerprint density at radius 3 is 2.70 bits per heavy atom. The fraction of sp³-hybridized carbons (Fsp3) is 0.667. The van der Waals surface area contributed by atoms with Gasteiger partial charge in [0.05, 0.1) is 5.97 Å². The Labute approximate surface area is 112 Å². The molecule has 3 rings (SSSR count). The number of carboxylic acids is 1. The quantitative estimate of drug-likeness (QED) is 0.891. The zero-order valence-corrected chi connectivity index (χ0v) is 10.7. The minimum absolute atomic E-state index is 0.0934.